The molecule has 0 bridgehead atoms. The Balaban J connectivity index is 2.62. The second-order valence-electron chi connectivity index (χ2n) is 6.00. The van der Waals surface area contributed by atoms with Gasteiger partial charge in [-0.2, -0.15) is 0 Å². The highest BCUT2D eigenvalue weighted by Gasteiger charge is 2.59. The lowest BCUT2D eigenvalue weighted by atomic mass is 10.0. The second kappa shape index (κ2) is 8.21. The molecule has 1 saturated heterocycles. The van der Waals surface area contributed by atoms with Crippen molar-refractivity contribution in [3.8, 4) is 0 Å². The summed E-state index contributed by atoms with van der Waals surface area (Å²) in [5, 5.41) is 0. The number of aromatic amines is 1. The third-order valence-electron chi connectivity index (χ3n) is 3.95. The molecule has 0 aliphatic carbocycles. The minimum Gasteiger partial charge on any atom is -0.463 e. The number of nitrogens with zero attached hydrogens (tertiary/aromatic N) is 1. The highest BCUT2D eigenvalue weighted by molar-refractivity contribution is 5.68. The van der Waals surface area contributed by atoms with E-state index in [1.54, 1.807) is 0 Å². The Morgan fingerprint density at radius 3 is 2.36 bits per heavy atom. The fraction of sp³-hybridized carbons (Fsp3) is 0.471. The van der Waals surface area contributed by atoms with Gasteiger partial charge in [0.05, 0.1) is 0 Å². The van der Waals surface area contributed by atoms with Crippen molar-refractivity contribution in [3.63, 3.8) is 0 Å². The number of carbonyl (C=O) groups excluding carboxylic acids is 3. The van der Waals surface area contributed by atoms with Gasteiger partial charge in [-0.15, -0.1) is 0 Å². The molecular formula is C17H20N2O9. The smallest absolute Gasteiger partial charge is 0.331 e. The minimum atomic E-state index is -1.84. The average Bonchev–Trinajstić information content (AvgIpc) is 2.86. The summed E-state index contributed by atoms with van der Waals surface area (Å²) >= 11 is 0. The summed E-state index contributed by atoms with van der Waals surface area (Å²) in [7, 11) is 0. The van der Waals surface area contributed by atoms with Gasteiger partial charge in [0, 0.05) is 33.0 Å². The maximum Gasteiger partial charge on any atom is 0.331 e. The van der Waals surface area contributed by atoms with E-state index >= 15 is 0 Å². The summed E-state index contributed by atoms with van der Waals surface area (Å²) in [5.74, 6) is -2.08. The van der Waals surface area contributed by atoms with Gasteiger partial charge >= 0.3 is 23.6 Å². The van der Waals surface area contributed by atoms with Gasteiger partial charge in [-0.3, -0.25) is 28.7 Å². The van der Waals surface area contributed by atoms with E-state index in [0.717, 1.165) is 30.7 Å². The number of hydrogen-bond acceptors (Lipinski definition) is 9. The van der Waals surface area contributed by atoms with Crippen LogP contribution < -0.4 is 11.2 Å². The van der Waals surface area contributed by atoms with Crippen molar-refractivity contribution in [1.29, 1.82) is 0 Å². The fourth-order valence-electron chi connectivity index (χ4n) is 2.94. The summed E-state index contributed by atoms with van der Waals surface area (Å²) in [6.45, 7) is 6.72. The van der Waals surface area contributed by atoms with Gasteiger partial charge < -0.3 is 18.9 Å². The number of nitrogens with one attached hydrogen (secondary N) is 1. The summed E-state index contributed by atoms with van der Waals surface area (Å²) in [6.07, 6.45) is -1.37. The Kier molecular flexibility index (Phi) is 6.19. The molecule has 1 aromatic rings. The molecule has 1 aromatic heterocycles. The molecule has 1 aliphatic rings. The van der Waals surface area contributed by atoms with Gasteiger partial charge in [-0.25, -0.2) is 4.79 Å². The fourth-order valence-corrected chi connectivity index (χ4v) is 2.94. The van der Waals surface area contributed by atoms with Crippen LogP contribution in [0.25, 0.3) is 0 Å². The molecule has 2 heterocycles. The van der Waals surface area contributed by atoms with E-state index in [1.165, 1.54) is 13.0 Å². The van der Waals surface area contributed by atoms with Crippen LogP contribution in [-0.2, 0) is 39.1 Å². The molecule has 0 saturated carbocycles. The Morgan fingerprint density at radius 1 is 1.21 bits per heavy atom. The molecule has 28 heavy (non-hydrogen) atoms. The molecule has 0 radical (unpaired) electrons. The van der Waals surface area contributed by atoms with Crippen molar-refractivity contribution in [2.45, 2.75) is 44.8 Å². The van der Waals surface area contributed by atoms with Crippen LogP contribution in [0.3, 0.4) is 0 Å². The molecule has 4 atom stereocenters. The van der Waals surface area contributed by atoms with E-state index in [1.807, 2.05) is 0 Å². The predicted molar refractivity (Wildman–Crippen MR) is 92.1 cm³/mol. The van der Waals surface area contributed by atoms with Crippen molar-refractivity contribution in [2.75, 3.05) is 6.61 Å². The normalized spacial score (nSPS) is 26.3. The van der Waals surface area contributed by atoms with Crippen molar-refractivity contribution >= 4 is 17.9 Å². The third-order valence-corrected chi connectivity index (χ3v) is 3.95. The number of ether oxygens (including phenoxy) is 4. The summed E-state index contributed by atoms with van der Waals surface area (Å²) < 4.78 is 22.3. The summed E-state index contributed by atoms with van der Waals surface area (Å²) in [5.41, 5.74) is -3.37. The Morgan fingerprint density at radius 2 is 1.86 bits per heavy atom. The van der Waals surface area contributed by atoms with Gasteiger partial charge in [-0.05, 0) is 6.08 Å². The van der Waals surface area contributed by atoms with E-state index in [9.17, 15) is 24.0 Å². The van der Waals surface area contributed by atoms with Crippen molar-refractivity contribution in [2.24, 2.45) is 0 Å². The van der Waals surface area contributed by atoms with E-state index in [-0.39, 0.29) is 6.61 Å². The number of carbonyl (C=O) groups is 3. The molecule has 1 aliphatic heterocycles. The van der Waals surface area contributed by atoms with Crippen LogP contribution in [-0.4, -0.2) is 52.4 Å². The van der Waals surface area contributed by atoms with E-state index in [0.29, 0.717) is 0 Å². The first kappa shape index (κ1) is 21.1. The van der Waals surface area contributed by atoms with Crippen LogP contribution in [0.5, 0.6) is 0 Å². The van der Waals surface area contributed by atoms with Gasteiger partial charge in [0.25, 0.3) is 5.56 Å². The number of esters is 3. The molecule has 0 spiro atoms. The minimum absolute atomic E-state index is 0.348. The van der Waals surface area contributed by atoms with Crippen LogP contribution in [0.15, 0.2) is 34.5 Å². The molecule has 11 nitrogen and oxygen atoms in total. The lowest BCUT2D eigenvalue weighted by molar-refractivity contribution is -0.171. The number of rotatable bonds is 6. The van der Waals surface area contributed by atoms with Crippen LogP contribution >= 0.6 is 0 Å². The highest BCUT2D eigenvalue weighted by Crippen LogP contribution is 2.39. The van der Waals surface area contributed by atoms with Gasteiger partial charge in [0.1, 0.15) is 12.7 Å². The maximum atomic E-state index is 12.4. The SMILES string of the molecule is C=C[C@@]1(n2ccc(=O)[nH]c2=O)O[C@H](COC(C)=O)[C@@H](OC(C)=O)[C@H]1OC(C)=O. The third kappa shape index (κ3) is 4.19. The van der Waals surface area contributed by atoms with Crippen molar-refractivity contribution < 1.29 is 33.3 Å². The average molecular weight is 396 g/mol. The number of aromatic nitrogens is 2. The first-order valence-electron chi connectivity index (χ1n) is 8.22. The highest BCUT2D eigenvalue weighted by atomic mass is 16.7. The molecule has 0 unspecified atom stereocenters. The van der Waals surface area contributed by atoms with Crippen LogP contribution in [0.1, 0.15) is 20.8 Å². The molecule has 0 amide bonds. The first-order chi connectivity index (χ1) is 13.1. The largest absolute Gasteiger partial charge is 0.463 e. The van der Waals surface area contributed by atoms with Crippen LogP contribution in [0.2, 0.25) is 0 Å². The quantitative estimate of drug-likeness (QED) is 0.371. The first-order valence-corrected chi connectivity index (χ1v) is 8.22. The molecule has 11 heteroatoms. The predicted octanol–water partition coefficient (Wildman–Crippen LogP) is -0.799. The molecule has 2 rings (SSSR count). The van der Waals surface area contributed by atoms with Crippen LogP contribution in [0, 0.1) is 0 Å². The van der Waals surface area contributed by atoms with Crippen LogP contribution in [0.4, 0.5) is 0 Å². The van der Waals surface area contributed by atoms with Gasteiger partial charge in [-0.1, -0.05) is 6.58 Å². The summed E-state index contributed by atoms with van der Waals surface area (Å²) in [4.78, 5) is 60.3. The van der Waals surface area contributed by atoms with Crippen molar-refractivity contribution in [1.82, 2.24) is 9.55 Å². The molecule has 152 valence electrons. The second-order valence-corrected chi connectivity index (χ2v) is 6.00. The number of H-pyrrole nitrogens is 1. The van der Waals surface area contributed by atoms with Crippen molar-refractivity contribution in [3.05, 3.63) is 45.8 Å². The molecule has 1 N–H and O–H groups in total. The zero-order valence-electron chi connectivity index (χ0n) is 15.5. The lowest BCUT2D eigenvalue weighted by Crippen LogP contribution is -2.52. The van der Waals surface area contributed by atoms with Gasteiger partial charge in [0.2, 0.25) is 5.72 Å². The monoisotopic (exact) mass is 396 g/mol. The maximum absolute atomic E-state index is 12.4. The summed E-state index contributed by atoms with van der Waals surface area (Å²) in [6, 6.07) is 1.06. The topological polar surface area (TPSA) is 143 Å². The Labute approximate surface area is 158 Å². The Hall–Kier alpha value is -3.21. The number of hydrogen-bond donors (Lipinski definition) is 1. The Bertz CT molecular complexity index is 902. The standard InChI is InChI=1S/C17H20N2O9/c1-5-17(19-7-6-13(23)18-16(19)24)15(27-11(4)22)14(26-10(3)21)12(28-17)8-25-9(2)20/h5-7,12,14-15H,1,8H2,2-4H3,(H,18,23,24)/t12-,14-,15-,17-/m1/s1. The molecular weight excluding hydrogens is 376 g/mol. The zero-order valence-corrected chi connectivity index (χ0v) is 15.5. The van der Waals surface area contributed by atoms with E-state index in [2.05, 4.69) is 11.6 Å². The van der Waals surface area contributed by atoms with Gasteiger partial charge in [0.15, 0.2) is 12.2 Å². The lowest BCUT2D eigenvalue weighted by Gasteiger charge is -2.32. The van der Waals surface area contributed by atoms with E-state index < -0.39 is 53.2 Å². The zero-order chi connectivity index (χ0) is 21.1. The molecule has 1 fully saturated rings. The molecule has 0 aromatic carbocycles. The van der Waals surface area contributed by atoms with E-state index in [4.69, 9.17) is 18.9 Å².